The van der Waals surface area contributed by atoms with Crippen molar-refractivity contribution in [2.75, 3.05) is 18.4 Å². The summed E-state index contributed by atoms with van der Waals surface area (Å²) in [7, 11) is 0. The third kappa shape index (κ3) is 5.29. The molecule has 0 spiro atoms. The highest BCUT2D eigenvalue weighted by atomic mass is 19.4. The van der Waals surface area contributed by atoms with Crippen molar-refractivity contribution in [3.63, 3.8) is 0 Å². The van der Waals surface area contributed by atoms with Gasteiger partial charge in [-0.15, -0.1) is 6.58 Å². The van der Waals surface area contributed by atoms with Crippen LogP contribution in [0.15, 0.2) is 36.9 Å². The Kier molecular flexibility index (Phi) is 5.52. The van der Waals surface area contributed by atoms with Crippen LogP contribution in [0.1, 0.15) is 12.5 Å². The molecule has 0 aromatic heterocycles. The summed E-state index contributed by atoms with van der Waals surface area (Å²) in [5.74, 6) is -0.902. The topological polar surface area (TPSA) is 49.4 Å². The molecule has 1 rings (SSSR count). The lowest BCUT2D eigenvalue weighted by Gasteiger charge is -2.18. The summed E-state index contributed by atoms with van der Waals surface area (Å²) >= 11 is 0. The Hall–Kier alpha value is -2.31. The Morgan fingerprint density at radius 2 is 2.05 bits per heavy atom. The van der Waals surface area contributed by atoms with Gasteiger partial charge in [0.15, 0.2) is 0 Å². The number of halogens is 3. The monoisotopic (exact) mass is 300 g/mol. The zero-order valence-corrected chi connectivity index (χ0v) is 11.4. The first-order valence-electron chi connectivity index (χ1n) is 6.07. The molecular formula is C14H15F3N2O2. The van der Waals surface area contributed by atoms with Gasteiger partial charge in [-0.25, -0.2) is 0 Å². The van der Waals surface area contributed by atoms with Crippen molar-refractivity contribution in [1.82, 2.24) is 4.90 Å². The molecule has 0 aliphatic heterocycles. The minimum absolute atomic E-state index is 0.0249. The molecule has 1 aromatic rings. The van der Waals surface area contributed by atoms with Gasteiger partial charge in [0, 0.05) is 19.2 Å². The van der Waals surface area contributed by atoms with Crippen molar-refractivity contribution in [3.8, 4) is 0 Å². The standard InChI is InChI=1S/C14H15F3N2O2/c1-3-7-19(10(2)20)9-13(21)18-12-6-4-5-11(8-12)14(15,16)17/h3-6,8H,1,7,9H2,2H3,(H,18,21). The van der Waals surface area contributed by atoms with Crippen molar-refractivity contribution in [1.29, 1.82) is 0 Å². The van der Waals surface area contributed by atoms with Gasteiger partial charge in [0.2, 0.25) is 11.8 Å². The molecular weight excluding hydrogens is 285 g/mol. The molecule has 7 heteroatoms. The highest BCUT2D eigenvalue weighted by Gasteiger charge is 2.30. The maximum Gasteiger partial charge on any atom is 0.416 e. The number of anilines is 1. The van der Waals surface area contributed by atoms with Gasteiger partial charge < -0.3 is 10.2 Å². The van der Waals surface area contributed by atoms with Crippen LogP contribution in [0.3, 0.4) is 0 Å². The molecule has 4 nitrogen and oxygen atoms in total. The van der Waals surface area contributed by atoms with E-state index in [4.69, 9.17) is 0 Å². The molecule has 1 aromatic carbocycles. The molecule has 0 radical (unpaired) electrons. The molecule has 0 saturated heterocycles. The molecule has 2 amide bonds. The summed E-state index contributed by atoms with van der Waals surface area (Å²) in [5.41, 5.74) is -0.827. The van der Waals surface area contributed by atoms with Crippen molar-refractivity contribution >= 4 is 17.5 Å². The molecule has 0 unspecified atom stereocenters. The minimum atomic E-state index is -4.48. The van der Waals surface area contributed by atoms with Crippen molar-refractivity contribution in [2.45, 2.75) is 13.1 Å². The van der Waals surface area contributed by atoms with E-state index in [1.807, 2.05) is 0 Å². The lowest BCUT2D eigenvalue weighted by atomic mass is 10.2. The normalized spacial score (nSPS) is 10.9. The van der Waals surface area contributed by atoms with E-state index in [1.165, 1.54) is 30.0 Å². The maximum absolute atomic E-state index is 12.5. The van der Waals surface area contributed by atoms with Gasteiger partial charge in [0.05, 0.1) is 5.56 Å². The Balaban J connectivity index is 2.75. The number of carbonyl (C=O) groups excluding carboxylic acids is 2. The number of rotatable bonds is 5. The smallest absolute Gasteiger partial charge is 0.330 e. The van der Waals surface area contributed by atoms with Gasteiger partial charge in [-0.1, -0.05) is 12.1 Å². The van der Waals surface area contributed by atoms with Gasteiger partial charge in [0.1, 0.15) is 6.54 Å². The number of carbonyl (C=O) groups is 2. The summed E-state index contributed by atoms with van der Waals surface area (Å²) < 4.78 is 37.6. The second kappa shape index (κ2) is 6.92. The van der Waals surface area contributed by atoms with E-state index in [0.29, 0.717) is 0 Å². The van der Waals surface area contributed by atoms with Crippen LogP contribution in [0.5, 0.6) is 0 Å². The summed E-state index contributed by atoms with van der Waals surface area (Å²) in [4.78, 5) is 24.2. The first-order chi connectivity index (χ1) is 9.74. The number of amides is 2. The molecule has 0 aliphatic rings. The second-order valence-corrected chi connectivity index (χ2v) is 4.31. The van der Waals surface area contributed by atoms with Gasteiger partial charge >= 0.3 is 6.18 Å². The Morgan fingerprint density at radius 1 is 1.38 bits per heavy atom. The predicted octanol–water partition coefficient (Wildman–Crippen LogP) is 2.68. The number of hydrogen-bond acceptors (Lipinski definition) is 2. The van der Waals surface area contributed by atoms with Crippen LogP contribution in [0.25, 0.3) is 0 Å². The Bertz CT molecular complexity index is 541. The van der Waals surface area contributed by atoms with Crippen LogP contribution in [-0.2, 0) is 15.8 Å². The quantitative estimate of drug-likeness (QED) is 0.850. The lowest BCUT2D eigenvalue weighted by Crippen LogP contribution is -2.36. The summed E-state index contributed by atoms with van der Waals surface area (Å²) in [6.45, 7) is 4.69. The number of nitrogens with one attached hydrogen (secondary N) is 1. The van der Waals surface area contributed by atoms with Crippen LogP contribution < -0.4 is 5.32 Å². The van der Waals surface area contributed by atoms with Gasteiger partial charge in [-0.2, -0.15) is 13.2 Å². The van der Waals surface area contributed by atoms with Crippen LogP contribution in [0.4, 0.5) is 18.9 Å². The van der Waals surface area contributed by atoms with Crippen molar-refractivity contribution in [2.24, 2.45) is 0 Å². The minimum Gasteiger partial charge on any atom is -0.330 e. The van der Waals surface area contributed by atoms with Crippen molar-refractivity contribution < 1.29 is 22.8 Å². The number of nitrogens with zero attached hydrogens (tertiary/aromatic N) is 1. The molecule has 0 heterocycles. The molecule has 21 heavy (non-hydrogen) atoms. The highest BCUT2D eigenvalue weighted by molar-refractivity contribution is 5.94. The largest absolute Gasteiger partial charge is 0.416 e. The SMILES string of the molecule is C=CCN(CC(=O)Nc1cccc(C(F)(F)F)c1)C(C)=O. The van der Waals surface area contributed by atoms with E-state index < -0.39 is 17.6 Å². The van der Waals surface area contributed by atoms with Crippen molar-refractivity contribution in [3.05, 3.63) is 42.5 Å². The van der Waals surface area contributed by atoms with E-state index in [9.17, 15) is 22.8 Å². The second-order valence-electron chi connectivity index (χ2n) is 4.31. The molecule has 0 atom stereocenters. The highest BCUT2D eigenvalue weighted by Crippen LogP contribution is 2.30. The van der Waals surface area contributed by atoms with Crippen LogP contribution >= 0.6 is 0 Å². The van der Waals surface area contributed by atoms with E-state index in [-0.39, 0.29) is 24.7 Å². The molecule has 0 saturated carbocycles. The fourth-order valence-corrected chi connectivity index (χ4v) is 1.61. The molecule has 0 fully saturated rings. The molecule has 0 bridgehead atoms. The molecule has 0 aliphatic carbocycles. The van der Waals surface area contributed by atoms with E-state index in [1.54, 1.807) is 0 Å². The summed E-state index contributed by atoms with van der Waals surface area (Å²) in [6, 6.07) is 4.29. The fourth-order valence-electron chi connectivity index (χ4n) is 1.61. The number of benzene rings is 1. The summed E-state index contributed by atoms with van der Waals surface area (Å²) in [5, 5.41) is 2.33. The zero-order chi connectivity index (χ0) is 16.0. The van der Waals surface area contributed by atoms with Gasteiger partial charge in [-0.05, 0) is 18.2 Å². The maximum atomic E-state index is 12.5. The van der Waals surface area contributed by atoms with E-state index in [0.717, 1.165) is 12.1 Å². The predicted molar refractivity (Wildman–Crippen MR) is 72.5 cm³/mol. The van der Waals surface area contributed by atoms with Crippen LogP contribution in [0, 0.1) is 0 Å². The number of alkyl halides is 3. The fraction of sp³-hybridized carbons (Fsp3) is 0.286. The van der Waals surface area contributed by atoms with Gasteiger partial charge in [0.25, 0.3) is 0 Å². The lowest BCUT2D eigenvalue weighted by molar-refractivity contribution is -0.137. The molecule has 114 valence electrons. The van der Waals surface area contributed by atoms with Crippen LogP contribution in [-0.4, -0.2) is 29.8 Å². The Morgan fingerprint density at radius 3 is 2.57 bits per heavy atom. The summed E-state index contributed by atoms with van der Waals surface area (Å²) in [6.07, 6.45) is -3.02. The van der Waals surface area contributed by atoms with E-state index in [2.05, 4.69) is 11.9 Å². The average Bonchev–Trinajstić information content (AvgIpc) is 2.37. The van der Waals surface area contributed by atoms with Crippen LogP contribution in [0.2, 0.25) is 0 Å². The zero-order valence-electron chi connectivity index (χ0n) is 11.4. The Labute approximate surface area is 120 Å². The first-order valence-corrected chi connectivity index (χ1v) is 6.07. The van der Waals surface area contributed by atoms with Gasteiger partial charge in [-0.3, -0.25) is 9.59 Å². The third-order valence-electron chi connectivity index (χ3n) is 2.60. The first kappa shape index (κ1) is 16.7. The third-order valence-corrected chi connectivity index (χ3v) is 2.60. The van der Waals surface area contributed by atoms with E-state index >= 15 is 0 Å². The average molecular weight is 300 g/mol. The number of hydrogen-bond donors (Lipinski definition) is 1. The molecule has 1 N–H and O–H groups in total.